The molecule has 2 amide bonds. The summed E-state index contributed by atoms with van der Waals surface area (Å²) in [5.74, 6) is -2.52. The lowest BCUT2D eigenvalue weighted by Crippen LogP contribution is -2.12. The smallest absolute Gasteiger partial charge is 0.286 e. The first-order chi connectivity index (χ1) is 5.95. The second-order valence-electron chi connectivity index (χ2n) is 2.32. The average molecular weight is 184 g/mol. The first-order valence-corrected chi connectivity index (χ1v) is 3.22. The van der Waals surface area contributed by atoms with E-state index >= 15 is 0 Å². The van der Waals surface area contributed by atoms with Gasteiger partial charge < -0.3 is 27.4 Å². The summed E-state index contributed by atoms with van der Waals surface area (Å²) in [5, 5.41) is 0. The Morgan fingerprint density at radius 2 is 1.23 bits per heavy atom. The van der Waals surface area contributed by atoms with Gasteiger partial charge >= 0.3 is 0 Å². The molecule has 0 aliphatic heterocycles. The van der Waals surface area contributed by atoms with E-state index in [4.69, 9.17) is 22.9 Å². The topological polar surface area (TPSA) is 151 Å². The van der Waals surface area contributed by atoms with Crippen LogP contribution < -0.4 is 22.9 Å². The van der Waals surface area contributed by atoms with Crippen molar-refractivity contribution < 1.29 is 14.0 Å². The van der Waals surface area contributed by atoms with Crippen molar-refractivity contribution in [1.29, 1.82) is 0 Å². The molecule has 0 saturated carbocycles. The van der Waals surface area contributed by atoms with Gasteiger partial charge in [0.15, 0.2) is 0 Å². The Kier molecular flexibility index (Phi) is 1.85. The third kappa shape index (κ3) is 1.26. The van der Waals surface area contributed by atoms with Gasteiger partial charge in [0.05, 0.1) is 0 Å². The third-order valence-corrected chi connectivity index (χ3v) is 1.43. The molecule has 0 saturated heterocycles. The summed E-state index contributed by atoms with van der Waals surface area (Å²) in [6, 6.07) is 0. The molecule has 7 heteroatoms. The molecule has 7 nitrogen and oxygen atoms in total. The molecule has 1 aromatic rings. The number of rotatable bonds is 2. The molecule has 8 N–H and O–H groups in total. The second-order valence-corrected chi connectivity index (χ2v) is 2.32. The van der Waals surface area contributed by atoms with Crippen LogP contribution in [0, 0.1) is 0 Å². The number of carbonyl (C=O) groups excluding carboxylic acids is 2. The summed E-state index contributed by atoms with van der Waals surface area (Å²) in [4.78, 5) is 21.3. The molecule has 70 valence electrons. The third-order valence-electron chi connectivity index (χ3n) is 1.43. The van der Waals surface area contributed by atoms with Crippen LogP contribution in [-0.2, 0) is 0 Å². The number of anilines is 2. The van der Waals surface area contributed by atoms with Crippen molar-refractivity contribution in [3.05, 3.63) is 11.5 Å². The highest BCUT2D eigenvalue weighted by Gasteiger charge is 2.22. The van der Waals surface area contributed by atoms with Crippen LogP contribution in [-0.4, -0.2) is 11.8 Å². The van der Waals surface area contributed by atoms with E-state index in [2.05, 4.69) is 4.42 Å². The number of hydrogen-bond acceptors (Lipinski definition) is 5. The lowest BCUT2D eigenvalue weighted by molar-refractivity contribution is 0.0952. The highest BCUT2D eigenvalue weighted by Crippen LogP contribution is 2.26. The predicted octanol–water partition coefficient (Wildman–Crippen LogP) is -1.36. The molecular weight excluding hydrogens is 176 g/mol. The van der Waals surface area contributed by atoms with E-state index in [0.29, 0.717) is 0 Å². The summed E-state index contributed by atoms with van der Waals surface area (Å²) in [6.45, 7) is 0. The van der Waals surface area contributed by atoms with Crippen molar-refractivity contribution >= 4 is 23.2 Å². The van der Waals surface area contributed by atoms with E-state index in [9.17, 15) is 9.59 Å². The summed E-state index contributed by atoms with van der Waals surface area (Å²) in [6.07, 6.45) is 0. The van der Waals surface area contributed by atoms with E-state index in [1.165, 1.54) is 0 Å². The van der Waals surface area contributed by atoms with Crippen molar-refractivity contribution in [3.8, 4) is 0 Å². The summed E-state index contributed by atoms with van der Waals surface area (Å²) in [7, 11) is 0. The number of primary amides is 2. The second kappa shape index (κ2) is 2.70. The Labute approximate surface area is 72.6 Å². The van der Waals surface area contributed by atoms with E-state index in [1.807, 2.05) is 0 Å². The number of carbonyl (C=O) groups is 2. The maximum atomic E-state index is 10.7. The first kappa shape index (κ1) is 8.91. The van der Waals surface area contributed by atoms with Crippen molar-refractivity contribution in [2.75, 3.05) is 11.5 Å². The van der Waals surface area contributed by atoms with Crippen LogP contribution in [0.5, 0.6) is 0 Å². The molecule has 0 aliphatic rings. The fourth-order valence-corrected chi connectivity index (χ4v) is 0.823. The van der Waals surface area contributed by atoms with Gasteiger partial charge in [-0.25, -0.2) is 0 Å². The average Bonchev–Trinajstić information content (AvgIpc) is 2.29. The Bertz CT molecular complexity index is 347. The zero-order valence-corrected chi connectivity index (χ0v) is 6.53. The number of amides is 2. The Balaban J connectivity index is 3.36. The molecule has 0 radical (unpaired) electrons. The van der Waals surface area contributed by atoms with Gasteiger partial charge in [0, 0.05) is 0 Å². The van der Waals surface area contributed by atoms with Crippen molar-refractivity contribution in [3.63, 3.8) is 0 Å². The minimum atomic E-state index is -0.906. The van der Waals surface area contributed by atoms with Gasteiger partial charge in [-0.05, 0) is 0 Å². The van der Waals surface area contributed by atoms with Crippen LogP contribution in [0.2, 0.25) is 0 Å². The fraction of sp³-hybridized carbons (Fsp3) is 0. The van der Waals surface area contributed by atoms with Crippen molar-refractivity contribution in [2.45, 2.75) is 0 Å². The van der Waals surface area contributed by atoms with Gasteiger partial charge in [0.1, 0.15) is 11.4 Å². The van der Waals surface area contributed by atoms with Crippen LogP contribution in [0.3, 0.4) is 0 Å². The number of nitrogens with two attached hydrogens (primary N) is 4. The largest absolute Gasteiger partial charge is 0.441 e. The predicted molar refractivity (Wildman–Crippen MR) is 44.6 cm³/mol. The van der Waals surface area contributed by atoms with Gasteiger partial charge in [-0.3, -0.25) is 9.59 Å². The van der Waals surface area contributed by atoms with Crippen LogP contribution in [0.25, 0.3) is 0 Å². The van der Waals surface area contributed by atoms with Gasteiger partial charge in [0.2, 0.25) is 11.5 Å². The normalized spacial score (nSPS) is 9.85. The number of hydrogen-bond donors (Lipinski definition) is 4. The SMILES string of the molecule is NC(=O)c1oc(C(N)=O)c(N)c1N. The van der Waals surface area contributed by atoms with Gasteiger partial charge in [0.25, 0.3) is 11.8 Å². The van der Waals surface area contributed by atoms with Crippen LogP contribution >= 0.6 is 0 Å². The monoisotopic (exact) mass is 184 g/mol. The van der Waals surface area contributed by atoms with Gasteiger partial charge in [-0.2, -0.15) is 0 Å². The molecule has 1 aromatic heterocycles. The molecule has 0 fully saturated rings. The molecule has 0 unspecified atom stereocenters. The van der Waals surface area contributed by atoms with E-state index < -0.39 is 11.8 Å². The van der Waals surface area contributed by atoms with E-state index in [1.54, 1.807) is 0 Å². The van der Waals surface area contributed by atoms with E-state index in [0.717, 1.165) is 0 Å². The molecule has 0 bridgehead atoms. The minimum Gasteiger partial charge on any atom is -0.441 e. The number of nitrogen functional groups attached to an aromatic ring is 2. The Morgan fingerprint density at radius 3 is 1.38 bits per heavy atom. The molecule has 13 heavy (non-hydrogen) atoms. The van der Waals surface area contributed by atoms with Crippen molar-refractivity contribution in [1.82, 2.24) is 0 Å². The molecule has 1 heterocycles. The summed E-state index contributed by atoms with van der Waals surface area (Å²) < 4.78 is 4.67. The summed E-state index contributed by atoms with van der Waals surface area (Å²) >= 11 is 0. The lowest BCUT2D eigenvalue weighted by atomic mass is 10.3. The molecule has 0 atom stereocenters. The maximum Gasteiger partial charge on any atom is 0.286 e. The quantitative estimate of drug-likeness (QED) is 0.447. The van der Waals surface area contributed by atoms with Crippen LogP contribution in [0.1, 0.15) is 21.1 Å². The number of furan rings is 1. The lowest BCUT2D eigenvalue weighted by Gasteiger charge is -1.89. The van der Waals surface area contributed by atoms with Crippen LogP contribution in [0.4, 0.5) is 11.4 Å². The summed E-state index contributed by atoms with van der Waals surface area (Å²) in [5.41, 5.74) is 20.1. The van der Waals surface area contributed by atoms with E-state index in [-0.39, 0.29) is 22.9 Å². The molecule has 0 aromatic carbocycles. The molecule has 1 rings (SSSR count). The maximum absolute atomic E-state index is 10.7. The first-order valence-electron chi connectivity index (χ1n) is 3.22. The van der Waals surface area contributed by atoms with Crippen molar-refractivity contribution in [2.24, 2.45) is 11.5 Å². The molecule has 0 aliphatic carbocycles. The molecular formula is C6H8N4O3. The Hall–Kier alpha value is -2.18. The fourth-order valence-electron chi connectivity index (χ4n) is 0.823. The highest BCUT2D eigenvalue weighted by molar-refractivity contribution is 6.04. The van der Waals surface area contributed by atoms with Gasteiger partial charge in [-0.15, -0.1) is 0 Å². The zero-order valence-electron chi connectivity index (χ0n) is 6.53. The minimum absolute atomic E-state index is 0.165. The molecule has 0 spiro atoms. The zero-order chi connectivity index (χ0) is 10.2. The Morgan fingerprint density at radius 1 is 0.923 bits per heavy atom. The van der Waals surface area contributed by atoms with Crippen LogP contribution in [0.15, 0.2) is 4.42 Å². The highest BCUT2D eigenvalue weighted by atomic mass is 16.4. The van der Waals surface area contributed by atoms with Gasteiger partial charge in [-0.1, -0.05) is 0 Å². The standard InChI is InChI=1S/C6H8N4O3/c7-1-2(8)4(6(10)12)13-3(1)5(9)11/h7-8H2,(H2,9,11)(H2,10,12).